The molecule has 4 rings (SSSR count). The van der Waals surface area contributed by atoms with Crippen LogP contribution in [0.4, 0.5) is 19.0 Å². The Hall–Kier alpha value is -2.66. The first-order valence-electron chi connectivity index (χ1n) is 11.4. The van der Waals surface area contributed by atoms with Gasteiger partial charge in [0.05, 0.1) is 11.6 Å². The summed E-state index contributed by atoms with van der Waals surface area (Å²) in [5.41, 5.74) is 14.1. The van der Waals surface area contributed by atoms with Crippen LogP contribution in [0.2, 0.25) is 0 Å². The average molecular weight is 594 g/mol. The predicted octanol–water partition coefficient (Wildman–Crippen LogP) is 5.64. The molecule has 1 aliphatic rings. The van der Waals surface area contributed by atoms with E-state index in [-0.39, 0.29) is 23.8 Å². The Kier molecular flexibility index (Phi) is 7.95. The highest BCUT2D eigenvalue weighted by atomic mass is 127. The first kappa shape index (κ1) is 25.4. The van der Waals surface area contributed by atoms with Crippen LogP contribution in [-0.4, -0.2) is 23.6 Å². The standard InChI is InChI=1S/C26H26F3IN4O/c27-18-3-1-2-14(6-18)17-9-22(25(32)33-13-17)15-4-5-21(23(29)10-15)26(35)34-24(12-31)16-7-19(28)11-20(30)8-16/h4-5,7-11,13-14,18,24H,1-3,6,12,31H2,(H2,32,33)(H,34,35)/t14-,18+,24-/m1/s1. The van der Waals surface area contributed by atoms with Gasteiger partial charge in [-0.25, -0.2) is 18.2 Å². The molecule has 1 fully saturated rings. The fourth-order valence-corrected chi connectivity index (χ4v) is 5.19. The Bertz CT molecular complexity index is 1220. The van der Waals surface area contributed by atoms with Gasteiger partial charge in [0.25, 0.3) is 5.91 Å². The minimum absolute atomic E-state index is 0.0148. The minimum atomic E-state index is -0.835. The smallest absolute Gasteiger partial charge is 0.254 e. The molecule has 0 unspecified atom stereocenters. The second-order valence-corrected chi connectivity index (χ2v) is 10.1. The number of carbonyl (C=O) groups is 1. The number of nitrogen functional groups attached to an aromatic ring is 1. The van der Waals surface area contributed by atoms with Crippen molar-refractivity contribution in [2.24, 2.45) is 5.73 Å². The van der Waals surface area contributed by atoms with E-state index in [9.17, 15) is 13.6 Å². The zero-order valence-corrected chi connectivity index (χ0v) is 21.1. The highest BCUT2D eigenvalue weighted by Crippen LogP contribution is 2.37. The lowest BCUT2D eigenvalue weighted by Gasteiger charge is -2.25. The maximum absolute atomic E-state index is 15.0. The monoisotopic (exact) mass is 594 g/mol. The number of alkyl halides is 1. The zero-order chi connectivity index (χ0) is 25.1. The number of aromatic nitrogens is 1. The zero-order valence-electron chi connectivity index (χ0n) is 18.9. The van der Waals surface area contributed by atoms with Gasteiger partial charge in [-0.05, 0) is 107 Å². The van der Waals surface area contributed by atoms with Crippen molar-refractivity contribution in [2.45, 2.75) is 43.8 Å². The van der Waals surface area contributed by atoms with Crippen molar-refractivity contribution >= 4 is 34.3 Å². The molecule has 5 nitrogen and oxygen atoms in total. The topological polar surface area (TPSA) is 94.0 Å². The molecule has 1 aliphatic carbocycles. The number of carbonyl (C=O) groups excluding carboxylic acids is 1. The molecular formula is C26H26F3IN4O. The molecule has 184 valence electrons. The van der Waals surface area contributed by atoms with Crippen LogP contribution in [0.15, 0.2) is 48.7 Å². The van der Waals surface area contributed by atoms with Crippen molar-refractivity contribution in [3.63, 3.8) is 0 Å². The Morgan fingerprint density at radius 2 is 1.97 bits per heavy atom. The summed E-state index contributed by atoms with van der Waals surface area (Å²) in [4.78, 5) is 17.1. The molecule has 1 amide bonds. The van der Waals surface area contributed by atoms with Crippen molar-refractivity contribution in [2.75, 3.05) is 12.3 Å². The number of nitrogens with one attached hydrogen (secondary N) is 1. The van der Waals surface area contributed by atoms with Gasteiger partial charge < -0.3 is 16.8 Å². The van der Waals surface area contributed by atoms with Crippen LogP contribution in [0.3, 0.4) is 0 Å². The summed E-state index contributed by atoms with van der Waals surface area (Å²) in [6.45, 7) is 0.0148. The number of pyridine rings is 1. The number of rotatable bonds is 6. The summed E-state index contributed by atoms with van der Waals surface area (Å²) in [6, 6.07) is 9.70. The number of nitrogens with zero attached hydrogens (tertiary/aromatic N) is 1. The molecule has 1 saturated carbocycles. The Morgan fingerprint density at radius 3 is 2.66 bits per heavy atom. The third-order valence-electron chi connectivity index (χ3n) is 6.37. The van der Waals surface area contributed by atoms with E-state index in [2.05, 4.69) is 10.3 Å². The van der Waals surface area contributed by atoms with E-state index < -0.39 is 29.8 Å². The van der Waals surface area contributed by atoms with Gasteiger partial charge in [-0.2, -0.15) is 0 Å². The van der Waals surface area contributed by atoms with Crippen molar-refractivity contribution in [3.8, 4) is 11.1 Å². The molecular weight excluding hydrogens is 568 g/mol. The molecule has 3 aromatic rings. The third-order valence-corrected chi connectivity index (χ3v) is 7.00. The van der Waals surface area contributed by atoms with Gasteiger partial charge in [-0.15, -0.1) is 0 Å². The summed E-state index contributed by atoms with van der Waals surface area (Å²) >= 11 is 1.97. The van der Waals surface area contributed by atoms with Gasteiger partial charge >= 0.3 is 0 Å². The second-order valence-electron chi connectivity index (χ2n) is 8.82. The van der Waals surface area contributed by atoms with Gasteiger partial charge in [-0.1, -0.05) is 6.07 Å². The first-order valence-corrected chi connectivity index (χ1v) is 12.5. The minimum Gasteiger partial charge on any atom is -0.383 e. The number of nitrogens with two attached hydrogens (primary N) is 2. The number of benzene rings is 2. The van der Waals surface area contributed by atoms with Crippen LogP contribution in [0.5, 0.6) is 0 Å². The lowest BCUT2D eigenvalue weighted by Crippen LogP contribution is -2.34. The molecule has 0 spiro atoms. The SMILES string of the molecule is NC[C@@H](NC(=O)c1ccc(-c2cc([C@@H]3CCC[C@H](F)C3)cnc2N)cc1F)c1cc(F)cc(I)c1. The molecule has 1 aromatic heterocycles. The van der Waals surface area contributed by atoms with Gasteiger partial charge in [-0.3, -0.25) is 4.79 Å². The fourth-order valence-electron chi connectivity index (χ4n) is 4.54. The van der Waals surface area contributed by atoms with Crippen LogP contribution in [0.25, 0.3) is 11.1 Å². The molecule has 5 N–H and O–H groups in total. The van der Waals surface area contributed by atoms with Gasteiger partial charge in [0.15, 0.2) is 0 Å². The van der Waals surface area contributed by atoms with Crippen molar-refractivity contribution in [1.29, 1.82) is 0 Å². The average Bonchev–Trinajstić information content (AvgIpc) is 2.82. The summed E-state index contributed by atoms with van der Waals surface area (Å²) in [5.74, 6) is -1.59. The highest BCUT2D eigenvalue weighted by molar-refractivity contribution is 14.1. The summed E-state index contributed by atoms with van der Waals surface area (Å²) in [6.07, 6.45) is 3.50. The van der Waals surface area contributed by atoms with E-state index in [0.29, 0.717) is 33.1 Å². The number of amides is 1. The summed E-state index contributed by atoms with van der Waals surface area (Å²) in [5, 5.41) is 2.67. The molecule has 0 bridgehead atoms. The third kappa shape index (κ3) is 5.95. The summed E-state index contributed by atoms with van der Waals surface area (Å²) in [7, 11) is 0. The van der Waals surface area contributed by atoms with Gasteiger partial charge in [0.2, 0.25) is 0 Å². The quantitative estimate of drug-likeness (QED) is 0.322. The largest absolute Gasteiger partial charge is 0.383 e. The van der Waals surface area contributed by atoms with Crippen molar-refractivity contribution in [1.82, 2.24) is 10.3 Å². The maximum atomic E-state index is 15.0. The van der Waals surface area contributed by atoms with E-state index in [1.807, 2.05) is 28.7 Å². The highest BCUT2D eigenvalue weighted by Gasteiger charge is 2.24. The van der Waals surface area contributed by atoms with Crippen molar-refractivity contribution in [3.05, 3.63) is 80.6 Å². The lowest BCUT2D eigenvalue weighted by molar-refractivity contribution is 0.0933. The van der Waals surface area contributed by atoms with Crippen LogP contribution in [-0.2, 0) is 0 Å². The lowest BCUT2D eigenvalue weighted by atomic mass is 9.83. The molecule has 2 aromatic carbocycles. The Balaban J connectivity index is 1.56. The van der Waals surface area contributed by atoms with E-state index >= 15 is 4.39 Å². The van der Waals surface area contributed by atoms with Crippen molar-refractivity contribution < 1.29 is 18.0 Å². The maximum Gasteiger partial charge on any atom is 0.254 e. The van der Waals surface area contributed by atoms with E-state index in [4.69, 9.17) is 11.5 Å². The Labute approximate surface area is 215 Å². The van der Waals surface area contributed by atoms with Crippen LogP contribution in [0.1, 0.15) is 59.1 Å². The van der Waals surface area contributed by atoms with Crippen LogP contribution >= 0.6 is 22.6 Å². The van der Waals surface area contributed by atoms with Crippen LogP contribution < -0.4 is 16.8 Å². The Morgan fingerprint density at radius 1 is 1.17 bits per heavy atom. The van der Waals surface area contributed by atoms with E-state index in [1.165, 1.54) is 24.3 Å². The number of hydrogen-bond donors (Lipinski definition) is 3. The molecule has 0 radical (unpaired) electrons. The predicted molar refractivity (Wildman–Crippen MR) is 139 cm³/mol. The molecule has 1 heterocycles. The molecule has 0 aliphatic heterocycles. The molecule has 3 atom stereocenters. The van der Waals surface area contributed by atoms with Gasteiger partial charge in [0, 0.05) is 21.9 Å². The number of anilines is 1. The second kappa shape index (κ2) is 10.9. The number of halogens is 4. The first-order chi connectivity index (χ1) is 16.7. The van der Waals surface area contributed by atoms with Gasteiger partial charge in [0.1, 0.15) is 23.6 Å². The van der Waals surface area contributed by atoms with Crippen LogP contribution in [0, 0.1) is 15.2 Å². The number of hydrogen-bond acceptors (Lipinski definition) is 4. The fraction of sp³-hybridized carbons (Fsp3) is 0.308. The van der Waals surface area contributed by atoms with E-state index in [0.717, 1.165) is 18.4 Å². The molecule has 9 heteroatoms. The normalized spacial score (nSPS) is 18.8. The molecule has 0 saturated heterocycles. The molecule has 35 heavy (non-hydrogen) atoms. The summed E-state index contributed by atoms with van der Waals surface area (Å²) < 4.78 is 43.4. The van der Waals surface area contributed by atoms with E-state index in [1.54, 1.807) is 18.3 Å².